The number of carbonyl (C=O) groups is 1. The summed E-state index contributed by atoms with van der Waals surface area (Å²) in [4.78, 5) is 15.8. The molecule has 0 bridgehead atoms. The summed E-state index contributed by atoms with van der Waals surface area (Å²) in [5.41, 5.74) is 1.05. The monoisotopic (exact) mass is 236 g/mol. The van der Waals surface area contributed by atoms with Crippen molar-refractivity contribution in [2.24, 2.45) is 0 Å². The van der Waals surface area contributed by atoms with Gasteiger partial charge < -0.3 is 5.32 Å². The molecule has 0 saturated carbocycles. The molecule has 16 heavy (non-hydrogen) atoms. The van der Waals surface area contributed by atoms with E-state index < -0.39 is 0 Å². The summed E-state index contributed by atoms with van der Waals surface area (Å²) < 4.78 is 0. The second-order valence-corrected chi connectivity index (χ2v) is 5.24. The predicted molar refractivity (Wildman–Crippen MR) is 66.2 cm³/mol. The Hall–Kier alpha value is -1.03. The summed E-state index contributed by atoms with van der Waals surface area (Å²) in [5.74, 6) is 1.29. The predicted octanol–water partition coefficient (Wildman–Crippen LogP) is 1.98. The van der Waals surface area contributed by atoms with E-state index in [1.54, 1.807) is 24.2 Å². The minimum atomic E-state index is 0.158. The van der Waals surface area contributed by atoms with Crippen LogP contribution in [0.4, 0.5) is 0 Å². The molecule has 1 N–H and O–H groups in total. The first-order valence-electron chi connectivity index (χ1n) is 5.64. The van der Waals surface area contributed by atoms with Gasteiger partial charge in [0, 0.05) is 18.9 Å². The van der Waals surface area contributed by atoms with Gasteiger partial charge in [-0.1, -0.05) is 12.5 Å². The summed E-state index contributed by atoms with van der Waals surface area (Å²) in [6, 6.07) is 3.86. The van der Waals surface area contributed by atoms with Gasteiger partial charge in [-0.3, -0.25) is 9.78 Å². The van der Waals surface area contributed by atoms with Gasteiger partial charge in [-0.2, -0.15) is 0 Å². The van der Waals surface area contributed by atoms with Crippen LogP contribution in [0.3, 0.4) is 0 Å². The lowest BCUT2D eigenvalue weighted by Crippen LogP contribution is -2.33. The molecular formula is C12H16N2OS. The first-order chi connectivity index (χ1) is 7.86. The molecule has 0 radical (unpaired) electrons. The Morgan fingerprint density at radius 2 is 2.50 bits per heavy atom. The lowest BCUT2D eigenvalue weighted by molar-refractivity contribution is -0.120. The molecule has 0 aliphatic carbocycles. The van der Waals surface area contributed by atoms with Gasteiger partial charge >= 0.3 is 0 Å². The SMILES string of the molecule is O=C(NCc1cccnc1)C1CCCCS1. The quantitative estimate of drug-likeness (QED) is 0.872. The lowest BCUT2D eigenvalue weighted by atomic mass is 10.2. The molecule has 1 aromatic rings. The number of nitrogens with one attached hydrogen (secondary N) is 1. The maximum absolute atomic E-state index is 11.8. The van der Waals surface area contributed by atoms with E-state index in [-0.39, 0.29) is 11.2 Å². The molecule has 3 nitrogen and oxygen atoms in total. The van der Waals surface area contributed by atoms with Crippen molar-refractivity contribution in [1.29, 1.82) is 0 Å². The van der Waals surface area contributed by atoms with Crippen molar-refractivity contribution in [3.63, 3.8) is 0 Å². The van der Waals surface area contributed by atoms with Gasteiger partial charge in [0.1, 0.15) is 0 Å². The zero-order valence-corrected chi connectivity index (χ0v) is 10.0. The van der Waals surface area contributed by atoms with Gasteiger partial charge in [-0.15, -0.1) is 11.8 Å². The number of thioether (sulfide) groups is 1. The Morgan fingerprint density at radius 1 is 1.56 bits per heavy atom. The minimum Gasteiger partial charge on any atom is -0.351 e. The maximum Gasteiger partial charge on any atom is 0.233 e. The van der Waals surface area contributed by atoms with Crippen LogP contribution in [0.2, 0.25) is 0 Å². The van der Waals surface area contributed by atoms with Crippen LogP contribution in [0.15, 0.2) is 24.5 Å². The number of hydrogen-bond donors (Lipinski definition) is 1. The molecule has 1 unspecified atom stereocenters. The first kappa shape index (κ1) is 11.5. The molecule has 1 atom stereocenters. The van der Waals surface area contributed by atoms with Crippen LogP contribution < -0.4 is 5.32 Å². The molecule has 86 valence electrons. The zero-order chi connectivity index (χ0) is 11.2. The molecule has 4 heteroatoms. The van der Waals surface area contributed by atoms with Crippen LogP contribution in [0.1, 0.15) is 24.8 Å². The standard InChI is InChI=1S/C12H16N2OS/c15-12(11-5-1-2-7-16-11)14-9-10-4-3-6-13-8-10/h3-4,6,8,11H,1-2,5,7,9H2,(H,14,15). The number of carbonyl (C=O) groups excluding carboxylic acids is 1. The van der Waals surface area contributed by atoms with Crippen LogP contribution in [0, 0.1) is 0 Å². The number of rotatable bonds is 3. The molecular weight excluding hydrogens is 220 g/mol. The van der Waals surface area contributed by atoms with E-state index in [1.165, 1.54) is 12.8 Å². The first-order valence-corrected chi connectivity index (χ1v) is 6.69. The Bertz CT molecular complexity index is 336. The molecule has 2 heterocycles. The number of aromatic nitrogens is 1. The number of hydrogen-bond acceptors (Lipinski definition) is 3. The van der Waals surface area contributed by atoms with Gasteiger partial charge in [0.15, 0.2) is 0 Å². The highest BCUT2D eigenvalue weighted by atomic mass is 32.2. The van der Waals surface area contributed by atoms with Gasteiger partial charge in [0.25, 0.3) is 0 Å². The van der Waals surface area contributed by atoms with E-state index in [1.807, 2.05) is 12.1 Å². The van der Waals surface area contributed by atoms with E-state index in [0.717, 1.165) is 17.7 Å². The molecule has 0 aromatic carbocycles. The normalized spacial score (nSPS) is 20.4. The lowest BCUT2D eigenvalue weighted by Gasteiger charge is -2.20. The van der Waals surface area contributed by atoms with Crippen molar-refractivity contribution >= 4 is 17.7 Å². The van der Waals surface area contributed by atoms with Gasteiger partial charge in [-0.05, 0) is 30.2 Å². The van der Waals surface area contributed by atoms with Crippen LogP contribution in [0.25, 0.3) is 0 Å². The highest BCUT2D eigenvalue weighted by Gasteiger charge is 2.20. The van der Waals surface area contributed by atoms with Crippen LogP contribution in [0.5, 0.6) is 0 Å². The third kappa shape index (κ3) is 3.23. The van der Waals surface area contributed by atoms with E-state index in [0.29, 0.717) is 6.54 Å². The molecule has 0 spiro atoms. The molecule has 2 rings (SSSR count). The Labute approximate surface area is 100 Å². The number of nitrogens with zero attached hydrogens (tertiary/aromatic N) is 1. The average Bonchev–Trinajstić information content (AvgIpc) is 2.38. The van der Waals surface area contributed by atoms with Gasteiger partial charge in [0.2, 0.25) is 5.91 Å². The van der Waals surface area contributed by atoms with Gasteiger partial charge in [-0.25, -0.2) is 0 Å². The largest absolute Gasteiger partial charge is 0.351 e. The van der Waals surface area contributed by atoms with Crippen LogP contribution in [-0.2, 0) is 11.3 Å². The molecule has 1 amide bonds. The summed E-state index contributed by atoms with van der Waals surface area (Å²) >= 11 is 1.78. The van der Waals surface area contributed by atoms with E-state index in [2.05, 4.69) is 10.3 Å². The number of amides is 1. The zero-order valence-electron chi connectivity index (χ0n) is 9.19. The number of pyridine rings is 1. The molecule has 1 saturated heterocycles. The van der Waals surface area contributed by atoms with Crippen molar-refractivity contribution < 1.29 is 4.79 Å². The summed E-state index contributed by atoms with van der Waals surface area (Å²) in [6.07, 6.45) is 6.97. The van der Waals surface area contributed by atoms with E-state index in [4.69, 9.17) is 0 Å². The smallest absolute Gasteiger partial charge is 0.233 e. The molecule has 1 aliphatic heterocycles. The topological polar surface area (TPSA) is 42.0 Å². The molecule has 1 aromatic heterocycles. The summed E-state index contributed by atoms with van der Waals surface area (Å²) in [5, 5.41) is 3.13. The average molecular weight is 236 g/mol. The third-order valence-electron chi connectivity index (χ3n) is 2.66. The van der Waals surface area contributed by atoms with Gasteiger partial charge in [0.05, 0.1) is 5.25 Å². The highest BCUT2D eigenvalue weighted by molar-refractivity contribution is 8.00. The van der Waals surface area contributed by atoms with E-state index >= 15 is 0 Å². The second kappa shape index (κ2) is 5.89. The van der Waals surface area contributed by atoms with Crippen LogP contribution >= 0.6 is 11.8 Å². The van der Waals surface area contributed by atoms with Crippen molar-refractivity contribution in [3.05, 3.63) is 30.1 Å². The van der Waals surface area contributed by atoms with Crippen molar-refractivity contribution in [2.75, 3.05) is 5.75 Å². The second-order valence-electron chi connectivity index (χ2n) is 3.93. The Kier molecular flexibility index (Phi) is 4.22. The van der Waals surface area contributed by atoms with Crippen LogP contribution in [-0.4, -0.2) is 21.9 Å². The Balaban J connectivity index is 1.79. The summed E-state index contributed by atoms with van der Waals surface area (Å²) in [7, 11) is 0. The van der Waals surface area contributed by atoms with E-state index in [9.17, 15) is 4.79 Å². The fourth-order valence-corrected chi connectivity index (χ4v) is 2.98. The van der Waals surface area contributed by atoms with Crippen molar-refractivity contribution in [3.8, 4) is 0 Å². The maximum atomic E-state index is 11.8. The highest BCUT2D eigenvalue weighted by Crippen LogP contribution is 2.24. The van der Waals surface area contributed by atoms with Crippen molar-refractivity contribution in [1.82, 2.24) is 10.3 Å². The molecule has 1 fully saturated rings. The van der Waals surface area contributed by atoms with Crippen molar-refractivity contribution in [2.45, 2.75) is 31.1 Å². The third-order valence-corrected chi connectivity index (χ3v) is 4.04. The fraction of sp³-hybridized carbons (Fsp3) is 0.500. The Morgan fingerprint density at radius 3 is 3.19 bits per heavy atom. The molecule has 1 aliphatic rings. The minimum absolute atomic E-state index is 0.158. The summed E-state index contributed by atoms with van der Waals surface area (Å²) in [6.45, 7) is 0.587. The fourth-order valence-electron chi connectivity index (χ4n) is 1.75.